The predicted octanol–water partition coefficient (Wildman–Crippen LogP) is 4.31. The third-order valence-electron chi connectivity index (χ3n) is 5.60. The Morgan fingerprint density at radius 3 is 2.66 bits per heavy atom. The zero-order valence-corrected chi connectivity index (χ0v) is 17.4. The van der Waals surface area contributed by atoms with Gasteiger partial charge in [0.1, 0.15) is 11.6 Å². The molecule has 0 bridgehead atoms. The normalized spacial score (nSPS) is 11.3. The Morgan fingerprint density at radius 1 is 0.969 bits per heavy atom. The number of fused-ring (bicyclic) bond motifs is 2. The van der Waals surface area contributed by atoms with Crippen LogP contribution in [0.1, 0.15) is 17.8 Å². The number of nitrogens with one attached hydrogen (secondary N) is 2. The molecule has 2 aromatic carbocycles. The third kappa shape index (κ3) is 3.97. The number of para-hydroxylation sites is 1. The van der Waals surface area contributed by atoms with Crippen molar-refractivity contribution in [1.29, 1.82) is 0 Å². The van der Waals surface area contributed by atoms with Crippen molar-refractivity contribution >= 4 is 22.5 Å². The molecule has 7 heteroatoms. The van der Waals surface area contributed by atoms with Gasteiger partial charge in [0, 0.05) is 42.2 Å². The van der Waals surface area contributed by atoms with Gasteiger partial charge in [-0.3, -0.25) is 9.20 Å². The molecule has 32 heavy (non-hydrogen) atoms. The fourth-order valence-corrected chi connectivity index (χ4v) is 4.02. The van der Waals surface area contributed by atoms with Crippen molar-refractivity contribution in [3.63, 3.8) is 0 Å². The van der Waals surface area contributed by atoms with Crippen LogP contribution in [0.25, 0.3) is 27.8 Å². The number of nitrogens with zero attached hydrogens (tertiary/aromatic N) is 3. The smallest absolute Gasteiger partial charge is 0.220 e. The van der Waals surface area contributed by atoms with Crippen molar-refractivity contribution in [2.75, 3.05) is 6.54 Å². The summed E-state index contributed by atoms with van der Waals surface area (Å²) in [6, 6.07) is 20.2. The molecule has 0 aliphatic rings. The van der Waals surface area contributed by atoms with Crippen molar-refractivity contribution in [3.05, 3.63) is 90.1 Å². The number of hydrogen-bond acceptors (Lipinski definition) is 3. The zero-order chi connectivity index (χ0) is 21.9. The van der Waals surface area contributed by atoms with Crippen LogP contribution in [0.3, 0.4) is 0 Å². The van der Waals surface area contributed by atoms with Crippen LogP contribution in [-0.4, -0.2) is 32.0 Å². The summed E-state index contributed by atoms with van der Waals surface area (Å²) in [4.78, 5) is 16.0. The van der Waals surface area contributed by atoms with Crippen LogP contribution in [0.4, 0.5) is 4.39 Å². The van der Waals surface area contributed by atoms with Crippen LogP contribution in [0.5, 0.6) is 0 Å². The van der Waals surface area contributed by atoms with Gasteiger partial charge in [-0.05, 0) is 60.0 Å². The van der Waals surface area contributed by atoms with Crippen molar-refractivity contribution < 1.29 is 9.18 Å². The average Bonchev–Trinajstić information content (AvgIpc) is 3.40. The van der Waals surface area contributed by atoms with E-state index >= 15 is 0 Å². The highest BCUT2D eigenvalue weighted by atomic mass is 19.1. The van der Waals surface area contributed by atoms with E-state index < -0.39 is 0 Å². The van der Waals surface area contributed by atoms with E-state index in [1.165, 1.54) is 12.1 Å². The van der Waals surface area contributed by atoms with Gasteiger partial charge in [-0.1, -0.05) is 24.3 Å². The summed E-state index contributed by atoms with van der Waals surface area (Å²) in [5, 5.41) is 12.4. The lowest BCUT2D eigenvalue weighted by Gasteiger charge is -2.07. The number of carbonyl (C=O) groups excluding carboxylic acids is 1. The maximum absolute atomic E-state index is 13.4. The quantitative estimate of drug-likeness (QED) is 0.406. The fraction of sp³-hybridized carbons (Fsp3) is 0.160. The molecule has 0 unspecified atom stereocenters. The molecule has 0 saturated carbocycles. The topological polar surface area (TPSA) is 75.1 Å². The Hall–Kier alpha value is -4.00. The Balaban J connectivity index is 1.27. The number of hydrogen-bond donors (Lipinski definition) is 2. The molecular weight excluding hydrogens is 405 g/mol. The second kappa shape index (κ2) is 8.63. The Labute approximate surface area is 184 Å². The SMILES string of the molecule is O=C(CCc1c(-c2ccc(F)cc2)[nH]c2ccccc12)NCCc1nnc2ccccn12. The zero-order valence-electron chi connectivity index (χ0n) is 17.4. The molecule has 5 rings (SSSR count). The highest BCUT2D eigenvalue weighted by Gasteiger charge is 2.15. The van der Waals surface area contributed by atoms with Crippen molar-refractivity contribution in [3.8, 4) is 11.3 Å². The molecular formula is C25H22FN5O. The molecule has 3 heterocycles. The van der Waals surface area contributed by atoms with Crippen LogP contribution in [0, 0.1) is 5.82 Å². The molecule has 2 N–H and O–H groups in total. The van der Waals surface area contributed by atoms with E-state index in [1.54, 1.807) is 12.1 Å². The summed E-state index contributed by atoms with van der Waals surface area (Å²) < 4.78 is 15.3. The number of amides is 1. The van der Waals surface area contributed by atoms with Gasteiger partial charge in [0.2, 0.25) is 5.91 Å². The largest absolute Gasteiger partial charge is 0.356 e. The summed E-state index contributed by atoms with van der Waals surface area (Å²) in [6.07, 6.45) is 3.46. The first-order chi connectivity index (χ1) is 15.7. The monoisotopic (exact) mass is 427 g/mol. The van der Waals surface area contributed by atoms with Gasteiger partial charge >= 0.3 is 0 Å². The minimum Gasteiger partial charge on any atom is -0.356 e. The van der Waals surface area contributed by atoms with Crippen LogP contribution >= 0.6 is 0 Å². The molecule has 160 valence electrons. The highest BCUT2D eigenvalue weighted by molar-refractivity contribution is 5.91. The predicted molar refractivity (Wildman–Crippen MR) is 122 cm³/mol. The van der Waals surface area contributed by atoms with Crippen LogP contribution in [0.2, 0.25) is 0 Å². The number of halogens is 1. The lowest BCUT2D eigenvalue weighted by Crippen LogP contribution is -2.26. The summed E-state index contributed by atoms with van der Waals surface area (Å²) in [5.41, 5.74) is 4.68. The van der Waals surface area contributed by atoms with Gasteiger partial charge in [0.25, 0.3) is 0 Å². The van der Waals surface area contributed by atoms with E-state index in [4.69, 9.17) is 0 Å². The highest BCUT2D eigenvalue weighted by Crippen LogP contribution is 2.31. The minimum absolute atomic E-state index is 0.0193. The third-order valence-corrected chi connectivity index (χ3v) is 5.60. The van der Waals surface area contributed by atoms with E-state index in [1.807, 2.05) is 53.1 Å². The molecule has 0 spiro atoms. The lowest BCUT2D eigenvalue weighted by molar-refractivity contribution is -0.121. The summed E-state index contributed by atoms with van der Waals surface area (Å²) in [5.74, 6) is 0.525. The van der Waals surface area contributed by atoms with E-state index in [2.05, 4.69) is 20.5 Å². The van der Waals surface area contributed by atoms with E-state index in [-0.39, 0.29) is 11.7 Å². The van der Waals surface area contributed by atoms with Crippen LogP contribution in [0.15, 0.2) is 72.9 Å². The number of aromatic amines is 1. The number of benzene rings is 2. The van der Waals surface area contributed by atoms with Gasteiger partial charge < -0.3 is 10.3 Å². The Morgan fingerprint density at radius 2 is 1.78 bits per heavy atom. The van der Waals surface area contributed by atoms with Gasteiger partial charge in [-0.25, -0.2) is 4.39 Å². The molecule has 6 nitrogen and oxygen atoms in total. The maximum atomic E-state index is 13.4. The van der Waals surface area contributed by atoms with Crippen molar-refractivity contribution in [1.82, 2.24) is 24.9 Å². The summed E-state index contributed by atoms with van der Waals surface area (Å²) in [7, 11) is 0. The Kier molecular flexibility index (Phi) is 5.37. The average molecular weight is 427 g/mol. The van der Waals surface area contributed by atoms with Gasteiger partial charge in [-0.15, -0.1) is 10.2 Å². The standard InChI is InChI=1S/C25H22FN5O/c26-18-10-8-17(9-11-18)25-20(19-5-1-2-6-21(19)28-25)12-13-24(32)27-15-14-23-30-29-22-7-3-4-16-31(22)23/h1-11,16,28H,12-15H2,(H,27,32). The van der Waals surface area contributed by atoms with Crippen molar-refractivity contribution in [2.45, 2.75) is 19.3 Å². The second-order valence-corrected chi connectivity index (χ2v) is 7.68. The van der Waals surface area contributed by atoms with Gasteiger partial charge in [0.05, 0.1) is 0 Å². The fourth-order valence-electron chi connectivity index (χ4n) is 4.02. The Bertz CT molecular complexity index is 1390. The first-order valence-corrected chi connectivity index (χ1v) is 10.6. The first-order valence-electron chi connectivity index (χ1n) is 10.6. The lowest BCUT2D eigenvalue weighted by atomic mass is 10.0. The van der Waals surface area contributed by atoms with E-state index in [0.717, 1.165) is 39.2 Å². The molecule has 0 aliphatic carbocycles. The number of H-pyrrole nitrogens is 1. The van der Waals surface area contributed by atoms with Crippen LogP contribution in [-0.2, 0) is 17.6 Å². The molecule has 5 aromatic rings. The van der Waals surface area contributed by atoms with Crippen molar-refractivity contribution in [2.24, 2.45) is 0 Å². The number of rotatable bonds is 7. The second-order valence-electron chi connectivity index (χ2n) is 7.68. The maximum Gasteiger partial charge on any atom is 0.220 e. The number of aryl methyl sites for hydroxylation is 1. The minimum atomic E-state index is -0.272. The molecule has 0 fully saturated rings. The number of carbonyl (C=O) groups is 1. The molecule has 0 radical (unpaired) electrons. The first kappa shape index (κ1) is 19.9. The van der Waals surface area contributed by atoms with Gasteiger partial charge in [-0.2, -0.15) is 0 Å². The number of pyridine rings is 1. The van der Waals surface area contributed by atoms with E-state index in [0.29, 0.717) is 25.8 Å². The molecule has 3 aromatic heterocycles. The molecule has 0 atom stereocenters. The van der Waals surface area contributed by atoms with Crippen LogP contribution < -0.4 is 5.32 Å². The van der Waals surface area contributed by atoms with E-state index in [9.17, 15) is 9.18 Å². The number of aromatic nitrogens is 4. The molecule has 0 aliphatic heterocycles. The molecule has 1 amide bonds. The van der Waals surface area contributed by atoms with Gasteiger partial charge in [0.15, 0.2) is 5.65 Å². The summed E-state index contributed by atoms with van der Waals surface area (Å²) >= 11 is 0. The molecule has 0 saturated heterocycles. The summed E-state index contributed by atoms with van der Waals surface area (Å²) in [6.45, 7) is 0.493.